The topological polar surface area (TPSA) is 54.8 Å². The van der Waals surface area contributed by atoms with Crippen LogP contribution in [-0.2, 0) is 13.6 Å². The van der Waals surface area contributed by atoms with E-state index >= 15 is 0 Å². The van der Waals surface area contributed by atoms with Crippen LogP contribution in [0.15, 0.2) is 24.4 Å². The molecule has 29 heavy (non-hydrogen) atoms. The van der Waals surface area contributed by atoms with Crippen molar-refractivity contribution in [1.29, 1.82) is 0 Å². The third-order valence-corrected chi connectivity index (χ3v) is 5.69. The molecule has 7 nitrogen and oxygen atoms in total. The molecule has 158 valence electrons. The van der Waals surface area contributed by atoms with Gasteiger partial charge in [-0.25, -0.2) is 0 Å². The van der Waals surface area contributed by atoms with Crippen LogP contribution in [0.1, 0.15) is 18.9 Å². The van der Waals surface area contributed by atoms with Crippen LogP contribution in [0.3, 0.4) is 0 Å². The van der Waals surface area contributed by atoms with Crippen molar-refractivity contribution in [3.05, 3.63) is 30.0 Å². The van der Waals surface area contributed by atoms with E-state index in [1.807, 2.05) is 17.8 Å². The van der Waals surface area contributed by atoms with Crippen LogP contribution in [0, 0.1) is 0 Å². The predicted octanol–water partition coefficient (Wildman–Crippen LogP) is 1.97. The van der Waals surface area contributed by atoms with Crippen LogP contribution in [0.2, 0.25) is 0 Å². The molecule has 0 aliphatic carbocycles. The highest BCUT2D eigenvalue weighted by Gasteiger charge is 2.18. The minimum absolute atomic E-state index is 0.426. The lowest BCUT2D eigenvalue weighted by Gasteiger charge is -2.34. The zero-order valence-electron chi connectivity index (χ0n) is 17.9. The number of aryl methyl sites for hydroxylation is 1. The Balaban J connectivity index is 1.41. The molecule has 2 aliphatic rings. The summed E-state index contributed by atoms with van der Waals surface area (Å²) in [6.45, 7) is 10.2. The molecule has 1 atom stereocenters. The van der Waals surface area contributed by atoms with Crippen molar-refractivity contribution in [3.63, 3.8) is 0 Å². The minimum Gasteiger partial charge on any atom is -0.490 e. The summed E-state index contributed by atoms with van der Waals surface area (Å²) >= 11 is 0. The summed E-state index contributed by atoms with van der Waals surface area (Å²) in [6, 6.07) is 6.56. The first-order valence-electron chi connectivity index (χ1n) is 10.7. The number of ether oxygens (including phenoxy) is 2. The summed E-state index contributed by atoms with van der Waals surface area (Å²) in [7, 11) is 4.17. The Morgan fingerprint density at radius 2 is 1.83 bits per heavy atom. The molecule has 1 unspecified atom stereocenters. The van der Waals surface area contributed by atoms with Crippen LogP contribution < -0.4 is 14.8 Å². The molecule has 1 aromatic heterocycles. The van der Waals surface area contributed by atoms with E-state index in [1.54, 1.807) is 0 Å². The van der Waals surface area contributed by atoms with E-state index < -0.39 is 0 Å². The number of nitrogens with zero attached hydrogens (tertiary/aromatic N) is 4. The summed E-state index contributed by atoms with van der Waals surface area (Å²) in [5, 5.41) is 8.41. The van der Waals surface area contributed by atoms with Gasteiger partial charge in [-0.05, 0) is 32.2 Å². The fourth-order valence-electron chi connectivity index (χ4n) is 3.99. The number of benzene rings is 1. The second-order valence-electron chi connectivity index (χ2n) is 8.27. The number of fused-ring (bicyclic) bond motifs is 1. The van der Waals surface area contributed by atoms with Crippen molar-refractivity contribution in [2.45, 2.75) is 25.9 Å². The lowest BCUT2D eigenvalue weighted by molar-refractivity contribution is 0.144. The van der Waals surface area contributed by atoms with Crippen LogP contribution in [0.5, 0.6) is 11.5 Å². The number of likely N-dealkylation sites (N-methyl/N-ethyl adjacent to an activating group) is 1. The molecule has 0 radical (unpaired) electrons. The Morgan fingerprint density at radius 3 is 2.62 bits per heavy atom. The molecule has 4 rings (SSSR count). The lowest BCUT2D eigenvalue weighted by Crippen LogP contribution is -2.48. The minimum atomic E-state index is 0.426. The van der Waals surface area contributed by atoms with E-state index in [4.69, 9.17) is 14.6 Å². The maximum absolute atomic E-state index is 5.86. The highest BCUT2D eigenvalue weighted by molar-refractivity contribution is 5.66. The summed E-state index contributed by atoms with van der Waals surface area (Å²) in [5.41, 5.74) is 3.27. The highest BCUT2D eigenvalue weighted by Crippen LogP contribution is 2.34. The quantitative estimate of drug-likeness (QED) is 0.802. The molecule has 7 heteroatoms. The molecule has 0 spiro atoms. The van der Waals surface area contributed by atoms with Gasteiger partial charge >= 0.3 is 0 Å². The second-order valence-corrected chi connectivity index (χ2v) is 8.27. The SMILES string of the molecule is CC(CN1CCN(C)CC1)NCc1cn(C)nc1-c1ccc2c(c1)OCCCO2. The van der Waals surface area contributed by atoms with Gasteiger partial charge < -0.3 is 19.7 Å². The molecule has 3 heterocycles. The van der Waals surface area contributed by atoms with Gasteiger partial charge in [0.15, 0.2) is 11.5 Å². The maximum atomic E-state index is 5.86. The molecule has 1 N–H and O–H groups in total. The van der Waals surface area contributed by atoms with E-state index in [0.29, 0.717) is 19.3 Å². The van der Waals surface area contributed by atoms with E-state index in [0.717, 1.165) is 68.4 Å². The Labute approximate surface area is 173 Å². The standard InChI is InChI=1S/C22H33N5O2/c1-17(15-27-9-7-25(2)8-10-27)23-14-19-16-26(3)24-22(19)18-5-6-20-21(13-18)29-12-4-11-28-20/h5-6,13,16-17,23H,4,7-12,14-15H2,1-3H3. The first-order valence-corrected chi connectivity index (χ1v) is 10.7. The molecular formula is C22H33N5O2. The first kappa shape index (κ1) is 20.2. The maximum Gasteiger partial charge on any atom is 0.161 e. The van der Waals surface area contributed by atoms with Gasteiger partial charge in [0.05, 0.1) is 18.9 Å². The van der Waals surface area contributed by atoms with Crippen LogP contribution >= 0.6 is 0 Å². The Morgan fingerprint density at radius 1 is 1.07 bits per heavy atom. The lowest BCUT2D eigenvalue weighted by atomic mass is 10.1. The van der Waals surface area contributed by atoms with Crippen molar-refractivity contribution in [1.82, 2.24) is 24.9 Å². The van der Waals surface area contributed by atoms with Crippen LogP contribution in [0.25, 0.3) is 11.3 Å². The molecule has 1 aromatic carbocycles. The van der Waals surface area contributed by atoms with Gasteiger partial charge in [0.1, 0.15) is 0 Å². The smallest absolute Gasteiger partial charge is 0.161 e. The van der Waals surface area contributed by atoms with Gasteiger partial charge in [0.2, 0.25) is 0 Å². The molecule has 0 saturated carbocycles. The van der Waals surface area contributed by atoms with Gasteiger partial charge in [0, 0.05) is 76.1 Å². The van der Waals surface area contributed by atoms with Gasteiger partial charge in [0.25, 0.3) is 0 Å². The third-order valence-electron chi connectivity index (χ3n) is 5.69. The van der Waals surface area contributed by atoms with Crippen molar-refractivity contribution >= 4 is 0 Å². The Kier molecular flexibility index (Phi) is 6.37. The number of piperazine rings is 1. The molecule has 0 amide bonds. The molecule has 0 bridgehead atoms. The monoisotopic (exact) mass is 399 g/mol. The fraction of sp³-hybridized carbons (Fsp3) is 0.591. The van der Waals surface area contributed by atoms with Gasteiger partial charge in [-0.3, -0.25) is 9.58 Å². The van der Waals surface area contributed by atoms with Crippen LogP contribution in [-0.4, -0.2) is 78.6 Å². The highest BCUT2D eigenvalue weighted by atomic mass is 16.5. The average molecular weight is 400 g/mol. The average Bonchev–Trinajstić information content (AvgIpc) is 2.93. The molecule has 2 aromatic rings. The van der Waals surface area contributed by atoms with E-state index in [2.05, 4.69) is 47.4 Å². The van der Waals surface area contributed by atoms with E-state index in [9.17, 15) is 0 Å². The molecular weight excluding hydrogens is 366 g/mol. The zero-order chi connectivity index (χ0) is 20.2. The zero-order valence-corrected chi connectivity index (χ0v) is 17.9. The largest absolute Gasteiger partial charge is 0.490 e. The Hall–Kier alpha value is -2.09. The number of rotatable bonds is 6. The van der Waals surface area contributed by atoms with E-state index in [1.165, 1.54) is 5.56 Å². The normalized spacial score (nSPS) is 19.1. The number of hydrogen-bond donors (Lipinski definition) is 1. The summed E-state index contributed by atoms with van der Waals surface area (Å²) in [5.74, 6) is 1.63. The van der Waals surface area contributed by atoms with Crippen molar-refractivity contribution in [2.24, 2.45) is 7.05 Å². The third kappa shape index (κ3) is 5.10. The number of aromatic nitrogens is 2. The number of nitrogens with one attached hydrogen (secondary N) is 1. The summed E-state index contributed by atoms with van der Waals surface area (Å²) < 4.78 is 13.5. The fourth-order valence-corrected chi connectivity index (χ4v) is 3.99. The molecule has 1 fully saturated rings. The molecule has 1 saturated heterocycles. The first-order chi connectivity index (χ1) is 14.1. The van der Waals surface area contributed by atoms with Crippen molar-refractivity contribution in [3.8, 4) is 22.8 Å². The summed E-state index contributed by atoms with van der Waals surface area (Å²) in [4.78, 5) is 4.94. The van der Waals surface area contributed by atoms with Crippen molar-refractivity contribution < 1.29 is 9.47 Å². The van der Waals surface area contributed by atoms with Gasteiger partial charge in [-0.2, -0.15) is 5.10 Å². The van der Waals surface area contributed by atoms with Gasteiger partial charge in [-0.15, -0.1) is 0 Å². The summed E-state index contributed by atoms with van der Waals surface area (Å²) in [6.07, 6.45) is 3.02. The Bertz CT molecular complexity index is 814. The van der Waals surface area contributed by atoms with Crippen LogP contribution in [0.4, 0.5) is 0 Å². The van der Waals surface area contributed by atoms with Crippen molar-refractivity contribution in [2.75, 3.05) is 53.0 Å². The second kappa shape index (κ2) is 9.15. The predicted molar refractivity (Wildman–Crippen MR) is 114 cm³/mol. The molecule has 2 aliphatic heterocycles. The van der Waals surface area contributed by atoms with E-state index in [-0.39, 0.29) is 0 Å². The number of hydrogen-bond acceptors (Lipinski definition) is 6. The van der Waals surface area contributed by atoms with Gasteiger partial charge in [-0.1, -0.05) is 0 Å².